The van der Waals surface area contributed by atoms with Crippen LogP contribution >= 0.6 is 0 Å². The first kappa shape index (κ1) is 60.6. The number of aliphatic hydroxyl groups excluding tert-OH is 2. The summed E-state index contributed by atoms with van der Waals surface area (Å²) < 4.78 is 5.91. The number of aliphatic hydroxyl groups is 2. The Morgan fingerprint density at radius 3 is 1.21 bits per heavy atom. The average Bonchev–Trinajstić information content (AvgIpc) is 3.28. The number of hydrogen-bond donors (Lipinski definition) is 3. The number of ether oxygens (including phenoxy) is 1. The first-order chi connectivity index (χ1) is 31.0. The van der Waals surface area contributed by atoms with Gasteiger partial charge in [0.15, 0.2) is 0 Å². The molecule has 0 fully saturated rings. The van der Waals surface area contributed by atoms with E-state index in [0.29, 0.717) is 19.3 Å². The quantitative estimate of drug-likeness (QED) is 0.0321. The van der Waals surface area contributed by atoms with E-state index in [2.05, 4.69) is 80.8 Å². The number of nitrogens with one attached hydrogen (secondary N) is 1. The smallest absolute Gasteiger partial charge is 0.306 e. The minimum atomic E-state index is -0.799. The van der Waals surface area contributed by atoms with Crippen molar-refractivity contribution in [3.8, 4) is 0 Å². The second-order valence-corrected chi connectivity index (χ2v) is 18.3. The molecule has 0 bridgehead atoms. The fourth-order valence-corrected chi connectivity index (χ4v) is 8.07. The van der Waals surface area contributed by atoms with Gasteiger partial charge in [-0.2, -0.15) is 0 Å². The Morgan fingerprint density at radius 2 is 0.825 bits per heavy atom. The Morgan fingerprint density at radius 1 is 0.476 bits per heavy atom. The Balaban J connectivity index is 4.67. The fraction of sp³-hybridized carbons (Fsp3) is 0.789. The van der Waals surface area contributed by atoms with Gasteiger partial charge in [-0.1, -0.05) is 255 Å². The van der Waals surface area contributed by atoms with Crippen molar-refractivity contribution in [1.82, 2.24) is 5.32 Å². The van der Waals surface area contributed by atoms with Gasteiger partial charge in [-0.05, 0) is 57.8 Å². The molecule has 0 aromatic carbocycles. The number of allylic oxidation sites excluding steroid dienone is 10. The lowest BCUT2D eigenvalue weighted by Crippen LogP contribution is -2.46. The predicted octanol–water partition coefficient (Wildman–Crippen LogP) is 16.4. The molecular formula is C57H103NO5. The molecule has 6 nitrogen and oxygen atoms in total. The molecule has 0 aromatic heterocycles. The highest BCUT2D eigenvalue weighted by atomic mass is 16.5. The van der Waals surface area contributed by atoms with Gasteiger partial charge in [0.05, 0.1) is 25.2 Å². The van der Waals surface area contributed by atoms with Gasteiger partial charge in [0.2, 0.25) is 5.91 Å². The Hall–Kier alpha value is -2.44. The molecule has 0 rings (SSSR count). The van der Waals surface area contributed by atoms with E-state index in [1.807, 2.05) is 6.08 Å². The largest absolute Gasteiger partial charge is 0.462 e. The number of amides is 1. The Labute approximate surface area is 390 Å². The van der Waals surface area contributed by atoms with Crippen LogP contribution in [0.25, 0.3) is 0 Å². The molecule has 0 saturated heterocycles. The lowest BCUT2D eigenvalue weighted by Gasteiger charge is -2.24. The van der Waals surface area contributed by atoms with Crippen molar-refractivity contribution in [3.63, 3.8) is 0 Å². The first-order valence-corrected chi connectivity index (χ1v) is 27.0. The molecule has 0 spiro atoms. The summed E-state index contributed by atoms with van der Waals surface area (Å²) in [5.74, 6) is -0.564. The maximum atomic E-state index is 13.2. The molecule has 0 aliphatic heterocycles. The summed E-state index contributed by atoms with van der Waals surface area (Å²) in [7, 11) is 0. The van der Waals surface area contributed by atoms with E-state index in [1.165, 1.54) is 141 Å². The molecule has 6 heteroatoms. The van der Waals surface area contributed by atoms with Crippen molar-refractivity contribution in [1.29, 1.82) is 0 Å². The second-order valence-electron chi connectivity index (χ2n) is 18.3. The molecule has 0 saturated carbocycles. The lowest BCUT2D eigenvalue weighted by molar-refractivity contribution is -0.150. The summed E-state index contributed by atoms with van der Waals surface area (Å²) in [5.41, 5.74) is 0. The van der Waals surface area contributed by atoms with Crippen molar-refractivity contribution < 1.29 is 24.5 Å². The molecular weight excluding hydrogens is 779 g/mol. The number of carbonyl (C=O) groups is 2. The van der Waals surface area contributed by atoms with Crippen LogP contribution in [0.5, 0.6) is 0 Å². The van der Waals surface area contributed by atoms with E-state index < -0.39 is 18.2 Å². The van der Waals surface area contributed by atoms with Crippen molar-refractivity contribution >= 4 is 11.9 Å². The van der Waals surface area contributed by atoms with E-state index in [9.17, 15) is 19.8 Å². The van der Waals surface area contributed by atoms with Crippen LogP contribution in [0.15, 0.2) is 60.8 Å². The van der Waals surface area contributed by atoms with Gasteiger partial charge in [-0.3, -0.25) is 9.59 Å². The Kier molecular flexibility index (Phi) is 48.6. The highest BCUT2D eigenvalue weighted by Crippen LogP contribution is 2.18. The van der Waals surface area contributed by atoms with Gasteiger partial charge in [0.25, 0.3) is 0 Å². The van der Waals surface area contributed by atoms with Crippen LogP contribution in [-0.2, 0) is 14.3 Å². The van der Waals surface area contributed by atoms with Gasteiger partial charge in [-0.15, -0.1) is 0 Å². The van der Waals surface area contributed by atoms with Crippen molar-refractivity contribution in [2.45, 2.75) is 283 Å². The normalized spacial score (nSPS) is 13.7. The van der Waals surface area contributed by atoms with Crippen LogP contribution in [0, 0.1) is 0 Å². The highest BCUT2D eigenvalue weighted by molar-refractivity contribution is 5.77. The first-order valence-electron chi connectivity index (χ1n) is 27.0. The molecule has 3 unspecified atom stereocenters. The molecule has 3 atom stereocenters. The lowest BCUT2D eigenvalue weighted by atomic mass is 10.0. The van der Waals surface area contributed by atoms with Crippen LogP contribution < -0.4 is 5.32 Å². The fourth-order valence-electron chi connectivity index (χ4n) is 8.07. The molecule has 366 valence electrons. The molecule has 0 aliphatic rings. The molecule has 3 N–H and O–H groups in total. The van der Waals surface area contributed by atoms with Gasteiger partial charge < -0.3 is 20.3 Å². The van der Waals surface area contributed by atoms with E-state index in [0.717, 1.165) is 70.6 Å². The summed E-state index contributed by atoms with van der Waals surface area (Å²) in [6, 6.07) is -0.715. The minimum Gasteiger partial charge on any atom is -0.462 e. The number of unbranched alkanes of at least 4 members (excludes halogenated alkanes) is 26. The van der Waals surface area contributed by atoms with Crippen molar-refractivity contribution in [3.05, 3.63) is 60.8 Å². The summed E-state index contributed by atoms with van der Waals surface area (Å²) in [6.07, 6.45) is 62.9. The summed E-state index contributed by atoms with van der Waals surface area (Å²) in [5, 5.41) is 23.8. The topological polar surface area (TPSA) is 95.9 Å². The number of rotatable bonds is 48. The third-order valence-electron chi connectivity index (χ3n) is 12.1. The van der Waals surface area contributed by atoms with E-state index >= 15 is 0 Å². The third kappa shape index (κ3) is 45.9. The average molecular weight is 882 g/mol. The van der Waals surface area contributed by atoms with Crippen LogP contribution in [0.3, 0.4) is 0 Å². The van der Waals surface area contributed by atoms with E-state index in [1.54, 1.807) is 0 Å². The SMILES string of the molecule is CC/C=C/C/C=C/C/C=C/C/C=C/C/C=C/CCC(=O)OC(CCCCCCCCCCCCCCCCCC)CC(=O)NC(CO)C(O)CCCCCCCCCCCCCC. The van der Waals surface area contributed by atoms with Crippen LogP contribution in [-0.4, -0.2) is 46.9 Å². The highest BCUT2D eigenvalue weighted by Gasteiger charge is 2.24. The summed E-state index contributed by atoms with van der Waals surface area (Å²) >= 11 is 0. The molecule has 0 radical (unpaired) electrons. The molecule has 0 heterocycles. The van der Waals surface area contributed by atoms with E-state index in [4.69, 9.17) is 4.74 Å². The summed E-state index contributed by atoms with van der Waals surface area (Å²) in [4.78, 5) is 26.2. The van der Waals surface area contributed by atoms with E-state index in [-0.39, 0.29) is 31.3 Å². The predicted molar refractivity (Wildman–Crippen MR) is 273 cm³/mol. The van der Waals surface area contributed by atoms with Crippen LogP contribution in [0.2, 0.25) is 0 Å². The molecule has 63 heavy (non-hydrogen) atoms. The second kappa shape index (κ2) is 50.6. The maximum absolute atomic E-state index is 13.2. The van der Waals surface area contributed by atoms with Gasteiger partial charge in [0, 0.05) is 6.42 Å². The van der Waals surface area contributed by atoms with Crippen LogP contribution in [0.1, 0.15) is 265 Å². The van der Waals surface area contributed by atoms with Crippen LogP contribution in [0.4, 0.5) is 0 Å². The van der Waals surface area contributed by atoms with Crippen molar-refractivity contribution in [2.75, 3.05) is 6.61 Å². The zero-order chi connectivity index (χ0) is 45.9. The minimum absolute atomic E-state index is 0.0496. The zero-order valence-corrected chi connectivity index (χ0v) is 41.7. The molecule has 0 aliphatic carbocycles. The molecule has 0 aromatic rings. The van der Waals surface area contributed by atoms with Gasteiger partial charge in [-0.25, -0.2) is 0 Å². The van der Waals surface area contributed by atoms with Gasteiger partial charge in [0.1, 0.15) is 6.10 Å². The Bertz CT molecular complexity index is 1130. The number of esters is 1. The third-order valence-corrected chi connectivity index (χ3v) is 12.1. The number of hydrogen-bond acceptors (Lipinski definition) is 5. The monoisotopic (exact) mass is 882 g/mol. The zero-order valence-electron chi connectivity index (χ0n) is 41.7. The standard InChI is InChI=1S/C57H103NO5/c1-4-7-10-13-16-19-22-25-27-29-31-33-36-39-42-45-48-53(63-57(62)50-47-44-41-38-35-32-30-28-26-23-20-17-14-11-8-5-2)51-56(61)58-54(52-59)55(60)49-46-43-40-37-34-24-21-18-15-12-9-6-3/h8,11,17,20,26,28,32,35,41,44,53-55,59-60H,4-7,9-10,12-16,18-19,21-25,27,29-31,33-34,36-40,42-43,45-52H2,1-3H3,(H,58,61)/b11-8+,20-17+,28-26+,35-32+,44-41+. The van der Waals surface area contributed by atoms with Crippen molar-refractivity contribution in [2.24, 2.45) is 0 Å². The van der Waals surface area contributed by atoms with Gasteiger partial charge >= 0.3 is 5.97 Å². The number of carbonyl (C=O) groups excluding carboxylic acids is 2. The molecule has 1 amide bonds. The maximum Gasteiger partial charge on any atom is 0.306 e. The summed E-state index contributed by atoms with van der Waals surface area (Å²) in [6.45, 7) is 6.37.